The van der Waals surface area contributed by atoms with Gasteiger partial charge in [-0.2, -0.15) is 0 Å². The fraction of sp³-hybridized carbons (Fsp3) is 0.600. The van der Waals surface area contributed by atoms with Gasteiger partial charge in [0.05, 0.1) is 0 Å². The van der Waals surface area contributed by atoms with Gasteiger partial charge >= 0.3 is 0 Å². The zero-order chi connectivity index (χ0) is 10.4. The van der Waals surface area contributed by atoms with Crippen molar-refractivity contribution in [1.29, 1.82) is 0 Å². The number of anilines is 1. The average Bonchev–Trinajstić information content (AvgIpc) is 2.17. The summed E-state index contributed by atoms with van der Waals surface area (Å²) in [5.41, 5.74) is 0. The summed E-state index contributed by atoms with van der Waals surface area (Å²) in [4.78, 5) is 8.62. The largest absolute Gasteiger partial charge is 0.370 e. The molecule has 0 saturated heterocycles. The molecule has 1 aromatic heterocycles. The zero-order valence-corrected chi connectivity index (χ0v) is 10.3. The second-order valence-electron chi connectivity index (χ2n) is 3.13. The summed E-state index contributed by atoms with van der Waals surface area (Å²) in [5.74, 6) is 1.79. The number of aromatic nitrogens is 2. The summed E-state index contributed by atoms with van der Waals surface area (Å²) in [6.07, 6.45) is 3.23. The van der Waals surface area contributed by atoms with Gasteiger partial charge in [0.25, 0.3) is 0 Å². The van der Waals surface area contributed by atoms with Crippen molar-refractivity contribution in [3.05, 3.63) is 16.5 Å². The lowest BCUT2D eigenvalue weighted by Gasteiger charge is -2.06. The Balaban J connectivity index is 2.62. The highest BCUT2D eigenvalue weighted by atomic mass is 79.9. The monoisotopic (exact) mass is 257 g/mol. The van der Waals surface area contributed by atoms with Crippen LogP contribution in [0.15, 0.2) is 10.7 Å². The molecule has 0 spiro atoms. The van der Waals surface area contributed by atoms with Crippen molar-refractivity contribution in [3.8, 4) is 0 Å². The van der Waals surface area contributed by atoms with E-state index in [2.05, 4.69) is 45.1 Å². The Labute approximate surface area is 93.5 Å². The van der Waals surface area contributed by atoms with E-state index in [1.807, 2.05) is 6.07 Å². The number of nitrogens with zero attached hydrogens (tertiary/aromatic N) is 2. The molecule has 1 aromatic rings. The average molecular weight is 258 g/mol. The highest BCUT2D eigenvalue weighted by molar-refractivity contribution is 9.10. The molecule has 4 heteroatoms. The van der Waals surface area contributed by atoms with Gasteiger partial charge in [-0.25, -0.2) is 9.97 Å². The molecule has 0 aliphatic heterocycles. The minimum atomic E-state index is 0.850. The topological polar surface area (TPSA) is 37.8 Å². The third-order valence-electron chi connectivity index (χ3n) is 1.89. The van der Waals surface area contributed by atoms with E-state index >= 15 is 0 Å². The quantitative estimate of drug-likeness (QED) is 0.651. The van der Waals surface area contributed by atoms with Gasteiger partial charge in [-0.05, 0) is 22.4 Å². The first-order chi connectivity index (χ1) is 6.76. The molecule has 3 nitrogen and oxygen atoms in total. The van der Waals surface area contributed by atoms with Crippen LogP contribution in [0.4, 0.5) is 5.82 Å². The summed E-state index contributed by atoms with van der Waals surface area (Å²) in [6.45, 7) is 5.20. The van der Waals surface area contributed by atoms with Crippen molar-refractivity contribution in [1.82, 2.24) is 9.97 Å². The van der Waals surface area contributed by atoms with E-state index in [9.17, 15) is 0 Å². The number of aryl methyl sites for hydroxylation is 1. The Hall–Kier alpha value is -0.640. The maximum Gasteiger partial charge on any atom is 0.131 e. The Morgan fingerprint density at radius 1 is 1.36 bits per heavy atom. The smallest absolute Gasteiger partial charge is 0.131 e. The first-order valence-electron chi connectivity index (χ1n) is 5.03. The van der Waals surface area contributed by atoms with Crippen molar-refractivity contribution in [3.63, 3.8) is 0 Å². The number of rotatable bonds is 5. The van der Waals surface area contributed by atoms with Gasteiger partial charge < -0.3 is 5.32 Å². The molecule has 0 bridgehead atoms. The van der Waals surface area contributed by atoms with E-state index in [1.165, 1.54) is 12.8 Å². The lowest BCUT2D eigenvalue weighted by molar-refractivity contribution is 0.825. The minimum absolute atomic E-state index is 0.850. The standard InChI is InChI=1S/C10H16BrN3/c1-3-5-6-12-10-7-8(11)13-9(4-2)14-10/h7H,3-6H2,1-2H3,(H,12,13,14). The van der Waals surface area contributed by atoms with Crippen LogP contribution in [0.25, 0.3) is 0 Å². The summed E-state index contributed by atoms with van der Waals surface area (Å²) >= 11 is 3.37. The second kappa shape index (κ2) is 5.96. The molecule has 1 rings (SSSR count). The van der Waals surface area contributed by atoms with E-state index in [0.29, 0.717) is 0 Å². The molecule has 0 atom stereocenters. The molecule has 0 amide bonds. The van der Waals surface area contributed by atoms with E-state index in [0.717, 1.165) is 29.2 Å². The molecule has 78 valence electrons. The second-order valence-corrected chi connectivity index (χ2v) is 3.94. The molecule has 1 N–H and O–H groups in total. The van der Waals surface area contributed by atoms with Crippen LogP contribution in [0.2, 0.25) is 0 Å². The van der Waals surface area contributed by atoms with E-state index < -0.39 is 0 Å². The zero-order valence-electron chi connectivity index (χ0n) is 8.68. The third-order valence-corrected chi connectivity index (χ3v) is 2.30. The van der Waals surface area contributed by atoms with Crippen LogP contribution < -0.4 is 5.32 Å². The lowest BCUT2D eigenvalue weighted by Crippen LogP contribution is -2.05. The lowest BCUT2D eigenvalue weighted by atomic mass is 10.3. The van der Waals surface area contributed by atoms with Gasteiger partial charge in [-0.3, -0.25) is 0 Å². The predicted octanol–water partition coefficient (Wildman–Crippen LogP) is 3.01. The van der Waals surface area contributed by atoms with Crippen molar-refractivity contribution in [2.75, 3.05) is 11.9 Å². The maximum atomic E-state index is 4.37. The molecular formula is C10H16BrN3. The van der Waals surface area contributed by atoms with Crippen LogP contribution >= 0.6 is 15.9 Å². The number of unbranched alkanes of at least 4 members (excludes halogenated alkanes) is 1. The fourth-order valence-corrected chi connectivity index (χ4v) is 1.53. The van der Waals surface area contributed by atoms with Gasteiger partial charge in [-0.15, -0.1) is 0 Å². The first kappa shape index (κ1) is 11.4. The summed E-state index contributed by atoms with van der Waals surface area (Å²) in [7, 11) is 0. The fourth-order valence-electron chi connectivity index (χ4n) is 1.11. The Bertz CT molecular complexity index is 289. The Morgan fingerprint density at radius 3 is 2.79 bits per heavy atom. The SMILES string of the molecule is CCCCNc1cc(Br)nc(CC)n1. The predicted molar refractivity (Wildman–Crippen MR) is 62.5 cm³/mol. The highest BCUT2D eigenvalue weighted by Crippen LogP contribution is 2.12. The van der Waals surface area contributed by atoms with Gasteiger partial charge in [0.15, 0.2) is 0 Å². The Kier molecular flexibility index (Phi) is 4.87. The molecule has 14 heavy (non-hydrogen) atoms. The van der Waals surface area contributed by atoms with Crippen molar-refractivity contribution < 1.29 is 0 Å². The van der Waals surface area contributed by atoms with E-state index in [4.69, 9.17) is 0 Å². The van der Waals surface area contributed by atoms with Crippen molar-refractivity contribution >= 4 is 21.7 Å². The van der Waals surface area contributed by atoms with Crippen LogP contribution in [0.3, 0.4) is 0 Å². The van der Waals surface area contributed by atoms with Gasteiger partial charge in [-0.1, -0.05) is 20.3 Å². The molecule has 0 fully saturated rings. The summed E-state index contributed by atoms with van der Waals surface area (Å²) < 4.78 is 0.850. The van der Waals surface area contributed by atoms with Gasteiger partial charge in [0.1, 0.15) is 16.2 Å². The molecule has 0 unspecified atom stereocenters. The molecule has 0 saturated carbocycles. The van der Waals surface area contributed by atoms with Gasteiger partial charge in [0.2, 0.25) is 0 Å². The Morgan fingerprint density at radius 2 is 2.14 bits per heavy atom. The van der Waals surface area contributed by atoms with Crippen LogP contribution in [0.1, 0.15) is 32.5 Å². The number of hydrogen-bond donors (Lipinski definition) is 1. The highest BCUT2D eigenvalue weighted by Gasteiger charge is 2.00. The van der Waals surface area contributed by atoms with E-state index in [-0.39, 0.29) is 0 Å². The molecule has 0 radical (unpaired) electrons. The van der Waals surface area contributed by atoms with Crippen molar-refractivity contribution in [2.24, 2.45) is 0 Å². The third kappa shape index (κ3) is 3.62. The molecule has 0 aliphatic rings. The van der Waals surface area contributed by atoms with Crippen molar-refractivity contribution in [2.45, 2.75) is 33.1 Å². The summed E-state index contributed by atoms with van der Waals surface area (Å²) in [5, 5.41) is 3.28. The maximum absolute atomic E-state index is 4.37. The number of hydrogen-bond acceptors (Lipinski definition) is 3. The van der Waals surface area contributed by atoms with Crippen LogP contribution in [0, 0.1) is 0 Å². The first-order valence-corrected chi connectivity index (χ1v) is 5.83. The molecule has 1 heterocycles. The molecule has 0 aliphatic carbocycles. The minimum Gasteiger partial charge on any atom is -0.370 e. The van der Waals surface area contributed by atoms with Gasteiger partial charge in [0, 0.05) is 19.0 Å². The number of nitrogens with one attached hydrogen (secondary N) is 1. The van der Waals surface area contributed by atoms with Crippen LogP contribution in [-0.4, -0.2) is 16.5 Å². The summed E-state index contributed by atoms with van der Waals surface area (Å²) in [6, 6.07) is 1.91. The molecule has 0 aromatic carbocycles. The number of halogens is 1. The van der Waals surface area contributed by atoms with Crippen LogP contribution in [-0.2, 0) is 6.42 Å². The van der Waals surface area contributed by atoms with E-state index in [1.54, 1.807) is 0 Å². The normalized spacial score (nSPS) is 10.2. The molecular weight excluding hydrogens is 242 g/mol. The van der Waals surface area contributed by atoms with Crippen LogP contribution in [0.5, 0.6) is 0 Å².